The predicted octanol–water partition coefficient (Wildman–Crippen LogP) is 2.24. The molecule has 1 aliphatic heterocycles. The van der Waals surface area contributed by atoms with Crippen molar-refractivity contribution in [2.45, 2.75) is 32.3 Å². The maximum Gasteiger partial charge on any atom is 0.159 e. The van der Waals surface area contributed by atoms with Crippen molar-refractivity contribution in [3.05, 3.63) is 16.0 Å². The minimum atomic E-state index is 0.0331. The number of aromatic nitrogens is 2. The first-order valence-electron chi connectivity index (χ1n) is 5.15. The normalized spacial score (nSPS) is 20.8. The summed E-state index contributed by atoms with van der Waals surface area (Å²) < 4.78 is 6.35. The molecule has 0 bridgehead atoms. The molecule has 0 spiro atoms. The molecule has 1 aromatic rings. The minimum Gasteiger partial charge on any atom is -0.383 e. The van der Waals surface area contributed by atoms with Gasteiger partial charge in [-0.3, -0.25) is 0 Å². The zero-order chi connectivity index (χ0) is 10.8. The third-order valence-electron chi connectivity index (χ3n) is 2.52. The molecule has 0 saturated carbocycles. The third kappa shape index (κ3) is 2.13. The van der Waals surface area contributed by atoms with Crippen LogP contribution in [0.1, 0.15) is 37.4 Å². The molecule has 2 heterocycles. The molecule has 5 heteroatoms. The minimum absolute atomic E-state index is 0.0331. The fourth-order valence-corrected chi connectivity index (χ4v) is 2.15. The topological polar surface area (TPSA) is 61.0 Å². The van der Waals surface area contributed by atoms with E-state index in [2.05, 4.69) is 25.9 Å². The highest BCUT2D eigenvalue weighted by Crippen LogP contribution is 2.29. The largest absolute Gasteiger partial charge is 0.383 e. The Balaban J connectivity index is 2.35. The van der Waals surface area contributed by atoms with Gasteiger partial charge in [0.2, 0.25) is 0 Å². The van der Waals surface area contributed by atoms with Gasteiger partial charge in [-0.25, -0.2) is 9.97 Å². The lowest BCUT2D eigenvalue weighted by Crippen LogP contribution is -2.08. The Hall–Kier alpha value is -0.680. The smallest absolute Gasteiger partial charge is 0.159 e. The first-order chi connectivity index (χ1) is 7.22. The highest BCUT2D eigenvalue weighted by Gasteiger charge is 2.22. The second-order valence-electron chi connectivity index (χ2n) is 3.58. The molecule has 4 nitrogen and oxygen atoms in total. The number of nitrogen functional groups attached to an aromatic ring is 1. The number of halogens is 1. The maximum atomic E-state index is 5.81. The van der Waals surface area contributed by atoms with Crippen LogP contribution in [0, 0.1) is 0 Å². The standard InChI is InChI=1S/C10H14BrN3O/c1-2-6-8(11)9(12)14-10(13-6)7-4-3-5-15-7/h7H,2-5H2,1H3,(H2,12,13,14). The van der Waals surface area contributed by atoms with E-state index in [1.54, 1.807) is 0 Å². The molecule has 1 unspecified atom stereocenters. The lowest BCUT2D eigenvalue weighted by atomic mass is 10.2. The molecule has 1 aromatic heterocycles. The van der Waals surface area contributed by atoms with E-state index in [1.807, 2.05) is 6.92 Å². The van der Waals surface area contributed by atoms with E-state index in [1.165, 1.54) is 0 Å². The number of nitrogens with two attached hydrogens (primary N) is 1. The van der Waals surface area contributed by atoms with Crippen LogP contribution in [0.5, 0.6) is 0 Å². The van der Waals surface area contributed by atoms with Crippen LogP contribution in [-0.4, -0.2) is 16.6 Å². The van der Waals surface area contributed by atoms with Gasteiger partial charge in [0.15, 0.2) is 5.82 Å². The van der Waals surface area contributed by atoms with Crippen LogP contribution in [0.2, 0.25) is 0 Å². The Morgan fingerprint density at radius 3 is 2.93 bits per heavy atom. The molecule has 0 aromatic carbocycles. The Morgan fingerprint density at radius 2 is 2.33 bits per heavy atom. The Kier molecular flexibility index (Phi) is 3.21. The number of ether oxygens (including phenoxy) is 1. The quantitative estimate of drug-likeness (QED) is 0.896. The van der Waals surface area contributed by atoms with Crippen molar-refractivity contribution in [2.75, 3.05) is 12.3 Å². The SMILES string of the molecule is CCc1nc(C2CCCO2)nc(N)c1Br. The summed E-state index contributed by atoms with van der Waals surface area (Å²) in [6.07, 6.45) is 2.94. The average Bonchev–Trinajstić information content (AvgIpc) is 2.75. The Labute approximate surface area is 97.4 Å². The van der Waals surface area contributed by atoms with Crippen LogP contribution in [0.25, 0.3) is 0 Å². The van der Waals surface area contributed by atoms with Crippen molar-refractivity contribution >= 4 is 21.7 Å². The van der Waals surface area contributed by atoms with Crippen molar-refractivity contribution in [2.24, 2.45) is 0 Å². The Morgan fingerprint density at radius 1 is 1.53 bits per heavy atom. The summed E-state index contributed by atoms with van der Waals surface area (Å²) in [7, 11) is 0. The van der Waals surface area contributed by atoms with Gasteiger partial charge >= 0.3 is 0 Å². The van der Waals surface area contributed by atoms with Gasteiger partial charge in [-0.1, -0.05) is 6.92 Å². The van der Waals surface area contributed by atoms with Crippen LogP contribution in [-0.2, 0) is 11.2 Å². The van der Waals surface area contributed by atoms with Crippen molar-refractivity contribution in [1.82, 2.24) is 9.97 Å². The van der Waals surface area contributed by atoms with Gasteiger partial charge < -0.3 is 10.5 Å². The van der Waals surface area contributed by atoms with Crippen molar-refractivity contribution < 1.29 is 4.74 Å². The van der Waals surface area contributed by atoms with E-state index in [0.717, 1.165) is 41.9 Å². The molecule has 2 rings (SSSR count). The number of rotatable bonds is 2. The summed E-state index contributed by atoms with van der Waals surface area (Å²) in [5.41, 5.74) is 6.76. The molecular weight excluding hydrogens is 258 g/mol. The van der Waals surface area contributed by atoms with Crippen molar-refractivity contribution in [1.29, 1.82) is 0 Å². The summed E-state index contributed by atoms with van der Waals surface area (Å²) in [4.78, 5) is 8.73. The second-order valence-corrected chi connectivity index (χ2v) is 4.38. The lowest BCUT2D eigenvalue weighted by molar-refractivity contribution is 0.105. The molecule has 1 atom stereocenters. The Bertz CT molecular complexity index is 364. The maximum absolute atomic E-state index is 5.81. The molecule has 0 radical (unpaired) electrons. The van der Waals surface area contributed by atoms with E-state index >= 15 is 0 Å². The number of hydrogen-bond acceptors (Lipinski definition) is 4. The van der Waals surface area contributed by atoms with Crippen molar-refractivity contribution in [3.8, 4) is 0 Å². The molecule has 1 aliphatic rings. The molecular formula is C10H14BrN3O. The molecule has 2 N–H and O–H groups in total. The zero-order valence-electron chi connectivity index (χ0n) is 8.66. The van der Waals surface area contributed by atoms with Crippen LogP contribution in [0.15, 0.2) is 4.47 Å². The van der Waals surface area contributed by atoms with Crippen LogP contribution in [0.4, 0.5) is 5.82 Å². The fraction of sp³-hybridized carbons (Fsp3) is 0.600. The second kappa shape index (κ2) is 4.45. The summed E-state index contributed by atoms with van der Waals surface area (Å²) in [5, 5.41) is 0. The number of hydrogen-bond donors (Lipinski definition) is 1. The third-order valence-corrected chi connectivity index (χ3v) is 3.38. The van der Waals surface area contributed by atoms with Gasteiger partial charge in [0.25, 0.3) is 0 Å². The monoisotopic (exact) mass is 271 g/mol. The van der Waals surface area contributed by atoms with Gasteiger partial charge in [-0.15, -0.1) is 0 Å². The molecule has 15 heavy (non-hydrogen) atoms. The van der Waals surface area contributed by atoms with Crippen LogP contribution in [0.3, 0.4) is 0 Å². The predicted molar refractivity (Wildman–Crippen MR) is 61.4 cm³/mol. The molecule has 0 aliphatic carbocycles. The van der Waals surface area contributed by atoms with Gasteiger partial charge in [0.1, 0.15) is 11.9 Å². The van der Waals surface area contributed by atoms with E-state index in [0.29, 0.717) is 5.82 Å². The zero-order valence-corrected chi connectivity index (χ0v) is 10.2. The first kappa shape index (κ1) is 10.8. The van der Waals surface area contributed by atoms with Crippen LogP contribution >= 0.6 is 15.9 Å². The van der Waals surface area contributed by atoms with Crippen LogP contribution < -0.4 is 5.73 Å². The molecule has 1 fully saturated rings. The van der Waals surface area contributed by atoms with Gasteiger partial charge in [0.05, 0.1) is 10.2 Å². The summed E-state index contributed by atoms with van der Waals surface area (Å²) in [6, 6.07) is 0. The fourth-order valence-electron chi connectivity index (χ4n) is 1.69. The summed E-state index contributed by atoms with van der Waals surface area (Å²) in [5.74, 6) is 1.23. The number of aryl methyl sites for hydroxylation is 1. The van der Waals surface area contributed by atoms with E-state index < -0.39 is 0 Å². The average molecular weight is 272 g/mol. The molecule has 82 valence electrons. The van der Waals surface area contributed by atoms with Gasteiger partial charge in [-0.05, 0) is 35.2 Å². The highest BCUT2D eigenvalue weighted by atomic mass is 79.9. The van der Waals surface area contributed by atoms with E-state index in [-0.39, 0.29) is 6.10 Å². The van der Waals surface area contributed by atoms with E-state index in [4.69, 9.17) is 10.5 Å². The highest BCUT2D eigenvalue weighted by molar-refractivity contribution is 9.10. The summed E-state index contributed by atoms with van der Waals surface area (Å²) >= 11 is 3.39. The van der Waals surface area contributed by atoms with Gasteiger partial charge in [-0.2, -0.15) is 0 Å². The molecule has 0 amide bonds. The first-order valence-corrected chi connectivity index (χ1v) is 5.95. The summed E-state index contributed by atoms with van der Waals surface area (Å²) in [6.45, 7) is 2.84. The molecule has 1 saturated heterocycles. The lowest BCUT2D eigenvalue weighted by Gasteiger charge is -2.11. The van der Waals surface area contributed by atoms with Crippen molar-refractivity contribution in [3.63, 3.8) is 0 Å². The number of anilines is 1. The van der Waals surface area contributed by atoms with Gasteiger partial charge in [0, 0.05) is 6.61 Å². The number of nitrogens with zero attached hydrogens (tertiary/aromatic N) is 2. The van der Waals surface area contributed by atoms with E-state index in [9.17, 15) is 0 Å².